The lowest BCUT2D eigenvalue weighted by atomic mass is 10.2. The molecular weight excluding hydrogens is 543 g/mol. The highest BCUT2D eigenvalue weighted by atomic mass is 35.5. The fraction of sp³-hybridized carbons (Fsp3) is 0.143. The van der Waals surface area contributed by atoms with Gasteiger partial charge in [-0.15, -0.1) is 0 Å². The van der Waals surface area contributed by atoms with E-state index in [9.17, 15) is 13.2 Å². The molecule has 0 atom stereocenters. The number of sulfonamides is 1. The zero-order valence-electron chi connectivity index (χ0n) is 21.0. The quantitative estimate of drug-likeness (QED) is 0.205. The van der Waals surface area contributed by atoms with Crippen LogP contribution in [0, 0.1) is 13.8 Å². The van der Waals surface area contributed by atoms with Gasteiger partial charge in [-0.1, -0.05) is 41.4 Å². The van der Waals surface area contributed by atoms with Crippen molar-refractivity contribution in [1.29, 1.82) is 0 Å². The molecule has 0 aliphatic rings. The Morgan fingerprint density at radius 1 is 0.974 bits per heavy atom. The smallest absolute Gasteiger partial charge is 0.271 e. The molecule has 38 heavy (non-hydrogen) atoms. The van der Waals surface area contributed by atoms with Crippen molar-refractivity contribution < 1.29 is 13.2 Å². The number of rotatable bonds is 8. The van der Waals surface area contributed by atoms with Crippen LogP contribution in [0.5, 0.6) is 0 Å². The zero-order valence-corrected chi connectivity index (χ0v) is 23.3. The van der Waals surface area contributed by atoms with Gasteiger partial charge in [-0.2, -0.15) is 5.10 Å². The average molecular weight is 570 g/mol. The van der Waals surface area contributed by atoms with Crippen LogP contribution in [0.15, 0.2) is 84.0 Å². The van der Waals surface area contributed by atoms with Crippen LogP contribution in [0.3, 0.4) is 0 Å². The molecule has 0 spiro atoms. The fourth-order valence-corrected chi connectivity index (χ4v) is 5.29. The summed E-state index contributed by atoms with van der Waals surface area (Å²) < 4.78 is 28.2. The molecule has 0 aliphatic carbocycles. The minimum Gasteiger partial charge on any atom is -0.318 e. The van der Waals surface area contributed by atoms with Gasteiger partial charge in [0, 0.05) is 38.2 Å². The van der Waals surface area contributed by atoms with E-state index >= 15 is 0 Å². The SMILES string of the molecule is Cc1cc(/C=N\NC(=O)c2ccc(N(Cc3ccc(Cl)cc3)S(C)(=O)=O)cc2)c(C)n1-c1cccc(Cl)c1. The molecule has 1 heterocycles. The second-order valence-electron chi connectivity index (χ2n) is 8.78. The first kappa shape index (κ1) is 27.4. The third-order valence-electron chi connectivity index (χ3n) is 5.96. The van der Waals surface area contributed by atoms with E-state index in [1.807, 2.05) is 44.2 Å². The lowest BCUT2D eigenvalue weighted by molar-refractivity contribution is 0.0955. The van der Waals surface area contributed by atoms with Gasteiger partial charge in [0.2, 0.25) is 10.0 Å². The lowest BCUT2D eigenvalue weighted by Crippen LogP contribution is -2.29. The van der Waals surface area contributed by atoms with E-state index in [-0.39, 0.29) is 6.54 Å². The van der Waals surface area contributed by atoms with E-state index in [1.54, 1.807) is 54.7 Å². The minimum atomic E-state index is -3.57. The number of aryl methyl sites for hydroxylation is 1. The molecule has 0 radical (unpaired) electrons. The molecule has 0 fully saturated rings. The van der Waals surface area contributed by atoms with Crippen LogP contribution in [-0.2, 0) is 16.6 Å². The van der Waals surface area contributed by atoms with Crippen molar-refractivity contribution in [1.82, 2.24) is 9.99 Å². The summed E-state index contributed by atoms with van der Waals surface area (Å²) in [5.41, 5.74) is 7.84. The van der Waals surface area contributed by atoms with Crippen LogP contribution in [0.2, 0.25) is 10.0 Å². The second kappa shape index (κ2) is 11.4. The molecule has 1 amide bonds. The Labute approximate surface area is 232 Å². The molecular formula is C28H26Cl2N4O3S. The lowest BCUT2D eigenvalue weighted by Gasteiger charge is -2.22. The number of aromatic nitrogens is 1. The Morgan fingerprint density at radius 3 is 2.29 bits per heavy atom. The largest absolute Gasteiger partial charge is 0.318 e. The van der Waals surface area contributed by atoms with Gasteiger partial charge in [0.1, 0.15) is 0 Å². The maximum atomic E-state index is 12.7. The molecule has 0 saturated carbocycles. The van der Waals surface area contributed by atoms with Gasteiger partial charge < -0.3 is 4.57 Å². The van der Waals surface area contributed by atoms with Crippen molar-refractivity contribution >= 4 is 51.0 Å². The highest BCUT2D eigenvalue weighted by Crippen LogP contribution is 2.23. The zero-order chi connectivity index (χ0) is 27.4. The number of carbonyl (C=O) groups excluding carboxylic acids is 1. The molecule has 0 unspecified atom stereocenters. The van der Waals surface area contributed by atoms with Gasteiger partial charge in [-0.3, -0.25) is 9.10 Å². The Balaban J connectivity index is 1.46. The number of hydrogen-bond acceptors (Lipinski definition) is 4. The normalized spacial score (nSPS) is 11.6. The number of hydrazone groups is 1. The van der Waals surface area contributed by atoms with Gasteiger partial charge >= 0.3 is 0 Å². The number of halogens is 2. The standard InChI is InChI=1S/C28H26Cl2N4O3S/c1-19-15-23(20(2)34(19)27-6-4-5-25(30)16-27)17-31-32-28(35)22-9-13-26(14-10-22)33(38(3,36)37)18-21-7-11-24(29)12-8-21/h4-17H,18H2,1-3H3,(H,32,35)/b31-17-. The van der Waals surface area contributed by atoms with E-state index in [2.05, 4.69) is 15.1 Å². The summed E-state index contributed by atoms with van der Waals surface area (Å²) in [5, 5.41) is 5.34. The van der Waals surface area contributed by atoms with Crippen LogP contribution in [-0.4, -0.2) is 31.4 Å². The van der Waals surface area contributed by atoms with Crippen molar-refractivity contribution in [3.05, 3.63) is 117 Å². The van der Waals surface area contributed by atoms with Crippen LogP contribution < -0.4 is 9.73 Å². The molecule has 1 aromatic heterocycles. The van der Waals surface area contributed by atoms with Crippen molar-refractivity contribution in [2.75, 3.05) is 10.6 Å². The van der Waals surface area contributed by atoms with E-state index < -0.39 is 15.9 Å². The predicted molar refractivity (Wildman–Crippen MR) is 154 cm³/mol. The minimum absolute atomic E-state index is 0.138. The van der Waals surface area contributed by atoms with Gasteiger partial charge in [0.25, 0.3) is 5.91 Å². The van der Waals surface area contributed by atoms with Crippen molar-refractivity contribution in [2.24, 2.45) is 5.10 Å². The number of amides is 1. The van der Waals surface area contributed by atoms with E-state index in [1.165, 1.54) is 4.31 Å². The Kier molecular flexibility index (Phi) is 8.26. The molecule has 1 N–H and O–H groups in total. The maximum Gasteiger partial charge on any atom is 0.271 e. The van der Waals surface area contributed by atoms with Crippen molar-refractivity contribution in [3.8, 4) is 5.69 Å². The summed E-state index contributed by atoms with van der Waals surface area (Å²) in [6.45, 7) is 4.09. The first-order valence-corrected chi connectivity index (χ1v) is 14.2. The molecule has 10 heteroatoms. The number of benzene rings is 3. The van der Waals surface area contributed by atoms with Crippen molar-refractivity contribution in [3.63, 3.8) is 0 Å². The third-order valence-corrected chi connectivity index (χ3v) is 7.59. The fourth-order valence-electron chi connectivity index (χ4n) is 4.09. The van der Waals surface area contributed by atoms with Crippen LogP contribution in [0.4, 0.5) is 5.69 Å². The van der Waals surface area contributed by atoms with E-state index in [4.69, 9.17) is 23.2 Å². The van der Waals surface area contributed by atoms with E-state index in [0.29, 0.717) is 21.3 Å². The number of hydrogen-bond donors (Lipinski definition) is 1. The van der Waals surface area contributed by atoms with E-state index in [0.717, 1.165) is 34.5 Å². The Morgan fingerprint density at radius 2 is 1.66 bits per heavy atom. The molecule has 7 nitrogen and oxygen atoms in total. The number of nitrogens with zero attached hydrogens (tertiary/aromatic N) is 3. The molecule has 196 valence electrons. The highest BCUT2D eigenvalue weighted by Gasteiger charge is 2.18. The molecule has 0 bridgehead atoms. The highest BCUT2D eigenvalue weighted by molar-refractivity contribution is 7.92. The Hall–Kier alpha value is -3.59. The summed E-state index contributed by atoms with van der Waals surface area (Å²) in [6, 6.07) is 22.8. The first-order valence-electron chi connectivity index (χ1n) is 11.6. The molecule has 4 aromatic rings. The van der Waals surface area contributed by atoms with Gasteiger partial charge in [0.05, 0.1) is 24.7 Å². The summed E-state index contributed by atoms with van der Waals surface area (Å²) in [4.78, 5) is 12.7. The number of carbonyl (C=O) groups is 1. The second-order valence-corrected chi connectivity index (χ2v) is 11.6. The van der Waals surface area contributed by atoms with Crippen LogP contribution in [0.1, 0.15) is 32.9 Å². The summed E-state index contributed by atoms with van der Waals surface area (Å²) in [5.74, 6) is -0.417. The number of anilines is 1. The maximum absolute atomic E-state index is 12.7. The average Bonchev–Trinajstić information content (AvgIpc) is 3.15. The van der Waals surface area contributed by atoms with Gasteiger partial charge in [-0.05, 0) is 80.1 Å². The van der Waals surface area contributed by atoms with Crippen molar-refractivity contribution in [2.45, 2.75) is 20.4 Å². The van der Waals surface area contributed by atoms with Crippen LogP contribution >= 0.6 is 23.2 Å². The molecule has 0 aliphatic heterocycles. The summed E-state index contributed by atoms with van der Waals surface area (Å²) in [7, 11) is -3.57. The van der Waals surface area contributed by atoms with Gasteiger partial charge in [0.15, 0.2) is 0 Å². The van der Waals surface area contributed by atoms with Crippen LogP contribution in [0.25, 0.3) is 5.69 Å². The van der Waals surface area contributed by atoms with Gasteiger partial charge in [-0.25, -0.2) is 13.8 Å². The topological polar surface area (TPSA) is 83.8 Å². The Bertz CT molecular complexity index is 1600. The summed E-state index contributed by atoms with van der Waals surface area (Å²) >= 11 is 12.1. The monoisotopic (exact) mass is 568 g/mol. The molecule has 4 rings (SSSR count). The first-order chi connectivity index (χ1) is 18.0. The molecule has 3 aromatic carbocycles. The molecule has 0 saturated heterocycles. The number of nitrogens with one attached hydrogen (secondary N) is 1. The third kappa shape index (κ3) is 6.45. The summed E-state index contributed by atoms with van der Waals surface area (Å²) in [6.07, 6.45) is 2.73. The predicted octanol–water partition coefficient (Wildman–Crippen LogP) is 6.13.